The number of halogens is 3. The summed E-state index contributed by atoms with van der Waals surface area (Å²) in [5, 5.41) is 17.0. The van der Waals surface area contributed by atoms with Crippen LogP contribution in [0.2, 0.25) is 0 Å². The van der Waals surface area contributed by atoms with Gasteiger partial charge >= 0.3 is 12.1 Å². The Morgan fingerprint density at radius 3 is 2.43 bits per heavy atom. The molecule has 0 spiro atoms. The van der Waals surface area contributed by atoms with Crippen LogP contribution in [0.1, 0.15) is 44.7 Å². The van der Waals surface area contributed by atoms with Crippen LogP contribution < -0.4 is 0 Å². The molecule has 0 fully saturated rings. The van der Waals surface area contributed by atoms with Crippen LogP contribution in [0.5, 0.6) is 0 Å². The highest BCUT2D eigenvalue weighted by Crippen LogP contribution is 2.31. The summed E-state index contributed by atoms with van der Waals surface area (Å²) in [7, 11) is 1.26. The minimum absolute atomic E-state index is 0.0216. The van der Waals surface area contributed by atoms with Gasteiger partial charge in [-0.1, -0.05) is 33.6 Å². The molecular formula is C21H23F3N2O4. The molecule has 30 heavy (non-hydrogen) atoms. The van der Waals surface area contributed by atoms with Crippen molar-refractivity contribution in [2.75, 3.05) is 13.7 Å². The van der Waals surface area contributed by atoms with Crippen LogP contribution in [0.4, 0.5) is 13.2 Å². The van der Waals surface area contributed by atoms with Crippen LogP contribution in [0.3, 0.4) is 0 Å². The lowest BCUT2D eigenvalue weighted by Crippen LogP contribution is -2.21. The van der Waals surface area contributed by atoms with E-state index in [9.17, 15) is 23.1 Å². The number of alkyl halides is 3. The SMILES string of the molecule is CON=C(C(=O)O)C1=C(CON=C(C)c2cccc(C(F)(F)F)c2)CC(C)=C(C)C1. The van der Waals surface area contributed by atoms with Gasteiger partial charge in [0, 0.05) is 0 Å². The fraction of sp³-hybridized carbons (Fsp3) is 0.381. The molecule has 0 aromatic heterocycles. The van der Waals surface area contributed by atoms with Gasteiger partial charge in [-0.2, -0.15) is 13.2 Å². The highest BCUT2D eigenvalue weighted by atomic mass is 19.4. The number of carboxylic acids is 1. The third-order valence-electron chi connectivity index (χ3n) is 4.79. The molecule has 9 heteroatoms. The van der Waals surface area contributed by atoms with Gasteiger partial charge in [0.05, 0.1) is 11.3 Å². The molecule has 0 aliphatic heterocycles. The molecule has 0 bridgehead atoms. The third kappa shape index (κ3) is 5.71. The first-order chi connectivity index (χ1) is 14.0. The minimum Gasteiger partial charge on any atom is -0.476 e. The van der Waals surface area contributed by atoms with Crippen LogP contribution in [0.15, 0.2) is 56.9 Å². The van der Waals surface area contributed by atoms with Crippen molar-refractivity contribution in [1.29, 1.82) is 0 Å². The molecule has 6 nitrogen and oxygen atoms in total. The zero-order chi connectivity index (χ0) is 22.5. The van der Waals surface area contributed by atoms with Crippen LogP contribution in [-0.4, -0.2) is 36.2 Å². The number of nitrogens with zero attached hydrogens (tertiary/aromatic N) is 2. The molecule has 0 saturated heterocycles. The first kappa shape index (κ1) is 23.2. The van der Waals surface area contributed by atoms with Gasteiger partial charge in [-0.15, -0.1) is 0 Å². The summed E-state index contributed by atoms with van der Waals surface area (Å²) < 4.78 is 38.7. The molecule has 1 aliphatic rings. The molecule has 1 aromatic rings. The monoisotopic (exact) mass is 424 g/mol. The van der Waals surface area contributed by atoms with Crippen LogP contribution >= 0.6 is 0 Å². The average molecular weight is 424 g/mol. The maximum Gasteiger partial charge on any atom is 0.416 e. The van der Waals surface area contributed by atoms with Gasteiger partial charge in [0.15, 0.2) is 5.71 Å². The van der Waals surface area contributed by atoms with Gasteiger partial charge in [-0.3, -0.25) is 0 Å². The fourth-order valence-corrected chi connectivity index (χ4v) is 3.00. The van der Waals surface area contributed by atoms with E-state index in [-0.39, 0.29) is 23.6 Å². The van der Waals surface area contributed by atoms with Crippen molar-refractivity contribution < 1.29 is 32.7 Å². The van der Waals surface area contributed by atoms with Gasteiger partial charge in [-0.25, -0.2) is 4.79 Å². The number of hydrogen-bond donors (Lipinski definition) is 1. The Morgan fingerprint density at radius 2 is 1.83 bits per heavy atom. The number of carboxylic acid groups (broad SMARTS) is 1. The van der Waals surface area contributed by atoms with Crippen molar-refractivity contribution in [3.05, 3.63) is 57.7 Å². The summed E-state index contributed by atoms with van der Waals surface area (Å²) in [6.45, 7) is 5.37. The third-order valence-corrected chi connectivity index (χ3v) is 4.79. The minimum atomic E-state index is -4.45. The Bertz CT molecular complexity index is 944. The number of oxime groups is 2. The highest BCUT2D eigenvalue weighted by Gasteiger charge is 2.30. The van der Waals surface area contributed by atoms with E-state index in [1.807, 2.05) is 13.8 Å². The average Bonchev–Trinajstić information content (AvgIpc) is 2.68. The molecule has 162 valence electrons. The number of rotatable bonds is 7. The predicted molar refractivity (Wildman–Crippen MR) is 106 cm³/mol. The lowest BCUT2D eigenvalue weighted by Gasteiger charge is -2.22. The topological polar surface area (TPSA) is 80.5 Å². The Labute approximate surface area is 172 Å². The lowest BCUT2D eigenvalue weighted by atomic mass is 9.85. The number of aliphatic carboxylic acids is 1. The second-order valence-corrected chi connectivity index (χ2v) is 6.95. The Balaban J connectivity index is 2.25. The van der Waals surface area contributed by atoms with Gasteiger partial charge in [0.1, 0.15) is 13.7 Å². The lowest BCUT2D eigenvalue weighted by molar-refractivity contribution is -0.137. The normalized spacial score (nSPS) is 16.1. The van der Waals surface area contributed by atoms with E-state index in [1.165, 1.54) is 26.2 Å². The first-order valence-corrected chi connectivity index (χ1v) is 9.09. The summed E-state index contributed by atoms with van der Waals surface area (Å²) in [4.78, 5) is 21.6. The molecule has 1 aliphatic carbocycles. The molecule has 0 amide bonds. The van der Waals surface area contributed by atoms with Crippen molar-refractivity contribution in [3.8, 4) is 0 Å². The molecule has 0 atom stereocenters. The Kier molecular flexibility index (Phi) is 7.42. The van der Waals surface area contributed by atoms with Gasteiger partial charge < -0.3 is 14.8 Å². The summed E-state index contributed by atoms with van der Waals surface area (Å²) >= 11 is 0. The van der Waals surface area contributed by atoms with Crippen molar-refractivity contribution in [3.63, 3.8) is 0 Å². The molecule has 0 saturated carbocycles. The van der Waals surface area contributed by atoms with E-state index in [1.54, 1.807) is 0 Å². The molecule has 0 unspecified atom stereocenters. The van der Waals surface area contributed by atoms with Crippen LogP contribution in [0.25, 0.3) is 0 Å². The molecule has 0 heterocycles. The van der Waals surface area contributed by atoms with Gasteiger partial charge in [0.25, 0.3) is 0 Å². The van der Waals surface area contributed by atoms with E-state index < -0.39 is 17.7 Å². The van der Waals surface area contributed by atoms with E-state index in [4.69, 9.17) is 4.84 Å². The number of benzene rings is 1. The first-order valence-electron chi connectivity index (χ1n) is 9.09. The number of carbonyl (C=O) groups is 1. The molecule has 0 radical (unpaired) electrons. The van der Waals surface area contributed by atoms with Crippen molar-refractivity contribution in [1.82, 2.24) is 0 Å². The molecule has 1 aromatic carbocycles. The van der Waals surface area contributed by atoms with Crippen molar-refractivity contribution >= 4 is 17.4 Å². The summed E-state index contributed by atoms with van der Waals surface area (Å²) in [6.07, 6.45) is -3.58. The molecule has 2 rings (SSSR count). The number of allylic oxidation sites excluding steroid dienone is 2. The van der Waals surface area contributed by atoms with Crippen LogP contribution in [0, 0.1) is 0 Å². The Morgan fingerprint density at radius 1 is 1.17 bits per heavy atom. The summed E-state index contributed by atoms with van der Waals surface area (Å²) in [5.41, 5.74) is 2.84. The highest BCUT2D eigenvalue weighted by molar-refractivity contribution is 6.42. The molecular weight excluding hydrogens is 401 g/mol. The Hall–Kier alpha value is -3.10. The van der Waals surface area contributed by atoms with Gasteiger partial charge in [-0.05, 0) is 62.5 Å². The zero-order valence-electron chi connectivity index (χ0n) is 17.1. The predicted octanol–water partition coefficient (Wildman–Crippen LogP) is 4.96. The van der Waals surface area contributed by atoms with Crippen molar-refractivity contribution in [2.24, 2.45) is 10.3 Å². The van der Waals surface area contributed by atoms with Gasteiger partial charge in [0.2, 0.25) is 0 Å². The standard InChI is InChI=1S/C21H23F3N2O4/c1-12-8-16(18(9-13(12)2)19(20(27)28)26-29-4)11-30-25-14(3)15-6-5-7-17(10-15)21(22,23)24/h5-7,10H,8-9,11H2,1-4H3,(H,27,28). The quantitative estimate of drug-likeness (QED) is 0.381. The van der Waals surface area contributed by atoms with E-state index in [0.29, 0.717) is 24.0 Å². The largest absolute Gasteiger partial charge is 0.476 e. The fourth-order valence-electron chi connectivity index (χ4n) is 3.00. The van der Waals surface area contributed by atoms with Crippen LogP contribution in [-0.2, 0) is 20.6 Å². The second kappa shape index (κ2) is 9.60. The van der Waals surface area contributed by atoms with E-state index in [0.717, 1.165) is 23.3 Å². The maximum atomic E-state index is 12.9. The smallest absolute Gasteiger partial charge is 0.416 e. The molecule has 1 N–H and O–H groups in total. The van der Waals surface area contributed by atoms with E-state index in [2.05, 4.69) is 15.1 Å². The maximum absolute atomic E-state index is 12.9. The van der Waals surface area contributed by atoms with Crippen molar-refractivity contribution in [2.45, 2.75) is 39.8 Å². The number of hydrogen-bond acceptors (Lipinski definition) is 5. The zero-order valence-corrected chi connectivity index (χ0v) is 17.1. The summed E-state index contributed by atoms with van der Waals surface area (Å²) in [5.74, 6) is -1.22. The van der Waals surface area contributed by atoms with E-state index >= 15 is 0 Å². The summed E-state index contributed by atoms with van der Waals surface area (Å²) in [6, 6.07) is 4.79. The second-order valence-electron chi connectivity index (χ2n) is 6.95.